The normalized spacial score (nSPS) is 21.5. The van der Waals surface area contributed by atoms with Crippen LogP contribution in [0, 0.1) is 12.7 Å². The fraction of sp³-hybridized carbons (Fsp3) is 0.440. The van der Waals surface area contributed by atoms with Gasteiger partial charge >= 0.3 is 0 Å². The highest BCUT2D eigenvalue weighted by Crippen LogP contribution is 2.23. The molecule has 0 saturated carbocycles. The average Bonchev–Trinajstić information content (AvgIpc) is 3.40. The van der Waals surface area contributed by atoms with Crippen molar-refractivity contribution in [2.24, 2.45) is 0 Å². The summed E-state index contributed by atoms with van der Waals surface area (Å²) in [4.78, 5) is 4.48. The zero-order valence-electron chi connectivity index (χ0n) is 19.9. The van der Waals surface area contributed by atoms with Crippen molar-refractivity contribution in [3.05, 3.63) is 82.9 Å². The molecule has 2 fully saturated rings. The van der Waals surface area contributed by atoms with E-state index in [1.54, 1.807) is 10.7 Å². The number of halogens is 1. The van der Waals surface area contributed by atoms with Crippen molar-refractivity contribution in [3.8, 4) is 0 Å². The first-order valence-corrected chi connectivity index (χ1v) is 13.6. The molecule has 3 heterocycles. The van der Waals surface area contributed by atoms with Gasteiger partial charge in [-0.15, -0.1) is 5.10 Å². The van der Waals surface area contributed by atoms with Crippen molar-refractivity contribution >= 4 is 10.0 Å². The molecule has 2 aromatic carbocycles. The maximum absolute atomic E-state index is 14.0. The largest absolute Gasteiger partial charge is 0.296 e. The van der Waals surface area contributed by atoms with Gasteiger partial charge in [0.1, 0.15) is 5.82 Å². The molecule has 1 unspecified atom stereocenters. The second-order valence-electron chi connectivity index (χ2n) is 9.52. The van der Waals surface area contributed by atoms with Crippen LogP contribution in [-0.2, 0) is 29.7 Å². The van der Waals surface area contributed by atoms with E-state index in [1.165, 1.54) is 15.9 Å². The third kappa shape index (κ3) is 5.78. The number of aromatic nitrogens is 3. The van der Waals surface area contributed by atoms with Crippen LogP contribution in [0.25, 0.3) is 0 Å². The van der Waals surface area contributed by atoms with E-state index < -0.39 is 10.0 Å². The second kappa shape index (κ2) is 10.1. The first-order chi connectivity index (χ1) is 16.9. The van der Waals surface area contributed by atoms with Crippen LogP contribution in [0.1, 0.15) is 22.4 Å². The van der Waals surface area contributed by atoms with Crippen molar-refractivity contribution in [1.29, 1.82) is 0 Å². The van der Waals surface area contributed by atoms with E-state index in [4.69, 9.17) is 0 Å². The number of rotatable bonds is 7. The zero-order chi connectivity index (χ0) is 24.4. The summed E-state index contributed by atoms with van der Waals surface area (Å²) < 4.78 is 43.0. The summed E-state index contributed by atoms with van der Waals surface area (Å²) in [6.07, 6.45) is 1.82. The molecule has 186 valence electrons. The van der Waals surface area contributed by atoms with Gasteiger partial charge in [0.25, 0.3) is 0 Å². The van der Waals surface area contributed by atoms with Crippen LogP contribution in [0.15, 0.2) is 54.7 Å². The average molecular weight is 499 g/mol. The number of hydrogen-bond acceptors (Lipinski definition) is 6. The van der Waals surface area contributed by atoms with Crippen LogP contribution in [-0.4, -0.2) is 82.0 Å². The first kappa shape index (κ1) is 24.1. The molecular weight excluding hydrogens is 467 g/mol. The van der Waals surface area contributed by atoms with E-state index in [0.29, 0.717) is 30.9 Å². The van der Waals surface area contributed by atoms with Crippen LogP contribution in [0.2, 0.25) is 0 Å². The summed E-state index contributed by atoms with van der Waals surface area (Å²) in [6.45, 7) is 7.04. The molecule has 1 atom stereocenters. The highest BCUT2D eigenvalue weighted by molar-refractivity contribution is 7.89. The molecule has 1 aromatic heterocycles. The second-order valence-corrected chi connectivity index (χ2v) is 11.5. The summed E-state index contributed by atoms with van der Waals surface area (Å²) >= 11 is 0. The lowest BCUT2D eigenvalue weighted by Gasteiger charge is -2.37. The summed E-state index contributed by atoms with van der Waals surface area (Å²) in [5.74, 6) is -0.0547. The van der Waals surface area contributed by atoms with Gasteiger partial charge in [-0.1, -0.05) is 53.2 Å². The first-order valence-electron chi connectivity index (χ1n) is 12.0. The van der Waals surface area contributed by atoms with Crippen LogP contribution < -0.4 is 0 Å². The molecule has 2 aliphatic heterocycles. The minimum Gasteiger partial charge on any atom is -0.296 e. The van der Waals surface area contributed by atoms with E-state index in [9.17, 15) is 12.8 Å². The van der Waals surface area contributed by atoms with Gasteiger partial charge in [-0.3, -0.25) is 9.80 Å². The zero-order valence-corrected chi connectivity index (χ0v) is 20.7. The molecule has 2 saturated heterocycles. The lowest BCUT2D eigenvalue weighted by molar-refractivity contribution is 0.0959. The van der Waals surface area contributed by atoms with E-state index in [2.05, 4.69) is 44.4 Å². The minimum absolute atomic E-state index is 0.0433. The van der Waals surface area contributed by atoms with E-state index in [0.717, 1.165) is 31.7 Å². The SMILES string of the molecule is Cc1ccc(Cn2cc(CN3CC(N4CCN(Cc5ccccc5F)CC4)CS3(=O)=O)nn2)cc1. The summed E-state index contributed by atoms with van der Waals surface area (Å²) in [7, 11) is -3.35. The van der Waals surface area contributed by atoms with Gasteiger partial charge in [0, 0.05) is 50.9 Å². The third-order valence-corrected chi connectivity index (χ3v) is 8.75. The molecule has 0 aliphatic carbocycles. The Morgan fingerprint density at radius 2 is 1.71 bits per heavy atom. The van der Waals surface area contributed by atoms with Gasteiger partial charge in [0.15, 0.2) is 0 Å². The standard InChI is InChI=1S/C25H31FN6O2S/c1-20-6-8-21(9-7-20)14-31-16-23(27-28-31)17-32-18-24(19-35(32,33)34)30-12-10-29(11-13-30)15-22-4-2-3-5-25(22)26/h2-9,16,24H,10-15,17-19H2,1H3. The molecule has 35 heavy (non-hydrogen) atoms. The molecule has 0 radical (unpaired) electrons. The third-order valence-electron chi connectivity index (χ3n) is 6.88. The Bertz CT molecular complexity index is 1250. The molecule has 10 heteroatoms. The predicted molar refractivity (Wildman–Crippen MR) is 132 cm³/mol. The van der Waals surface area contributed by atoms with Crippen LogP contribution in [0.3, 0.4) is 0 Å². The molecule has 5 rings (SSSR count). The quantitative estimate of drug-likeness (QED) is 0.497. The maximum Gasteiger partial charge on any atom is 0.216 e. The fourth-order valence-electron chi connectivity index (χ4n) is 4.84. The Labute approximate surface area is 206 Å². The van der Waals surface area contributed by atoms with Gasteiger partial charge < -0.3 is 0 Å². The van der Waals surface area contributed by atoms with Gasteiger partial charge in [0.05, 0.1) is 30.7 Å². The molecule has 0 bridgehead atoms. The van der Waals surface area contributed by atoms with Crippen molar-refractivity contribution in [2.75, 3.05) is 38.5 Å². The number of benzene rings is 2. The molecule has 0 spiro atoms. The van der Waals surface area contributed by atoms with Crippen LogP contribution in [0.4, 0.5) is 4.39 Å². The van der Waals surface area contributed by atoms with Crippen LogP contribution in [0.5, 0.6) is 0 Å². The Hall–Kier alpha value is -2.66. The van der Waals surface area contributed by atoms with Crippen molar-refractivity contribution in [3.63, 3.8) is 0 Å². The summed E-state index contributed by atoms with van der Waals surface area (Å²) in [5, 5.41) is 8.39. The Balaban J connectivity index is 1.15. The molecule has 0 amide bonds. The Kier molecular flexibility index (Phi) is 6.97. The van der Waals surface area contributed by atoms with Gasteiger partial charge in [-0.05, 0) is 18.6 Å². The summed E-state index contributed by atoms with van der Waals surface area (Å²) in [5.41, 5.74) is 3.67. The maximum atomic E-state index is 14.0. The van der Waals surface area contributed by atoms with E-state index >= 15 is 0 Å². The number of nitrogens with zero attached hydrogens (tertiary/aromatic N) is 6. The highest BCUT2D eigenvalue weighted by atomic mass is 32.2. The molecule has 0 N–H and O–H groups in total. The molecule has 8 nitrogen and oxygen atoms in total. The van der Waals surface area contributed by atoms with E-state index in [-0.39, 0.29) is 24.2 Å². The number of piperazine rings is 1. The number of sulfonamides is 1. The number of hydrogen-bond donors (Lipinski definition) is 0. The van der Waals surface area contributed by atoms with Gasteiger partial charge in [-0.25, -0.2) is 17.5 Å². The lowest BCUT2D eigenvalue weighted by atomic mass is 10.1. The van der Waals surface area contributed by atoms with E-state index in [1.807, 2.05) is 25.3 Å². The Morgan fingerprint density at radius 1 is 0.971 bits per heavy atom. The van der Waals surface area contributed by atoms with Gasteiger partial charge in [-0.2, -0.15) is 4.31 Å². The number of aryl methyl sites for hydroxylation is 1. The van der Waals surface area contributed by atoms with Crippen molar-refractivity contribution in [2.45, 2.75) is 32.6 Å². The molecule has 3 aromatic rings. The van der Waals surface area contributed by atoms with Crippen LogP contribution >= 0.6 is 0 Å². The monoisotopic (exact) mass is 498 g/mol. The fourth-order valence-corrected chi connectivity index (χ4v) is 6.58. The molecule has 2 aliphatic rings. The molecular formula is C25H31FN6O2S. The summed E-state index contributed by atoms with van der Waals surface area (Å²) in [6, 6.07) is 15.1. The van der Waals surface area contributed by atoms with Gasteiger partial charge in [0.2, 0.25) is 10.0 Å². The van der Waals surface area contributed by atoms with Crippen molar-refractivity contribution < 1.29 is 12.8 Å². The smallest absolute Gasteiger partial charge is 0.216 e. The predicted octanol–water partition coefficient (Wildman–Crippen LogP) is 2.11. The topological polar surface area (TPSA) is 74.6 Å². The Morgan fingerprint density at radius 3 is 2.46 bits per heavy atom. The highest BCUT2D eigenvalue weighted by Gasteiger charge is 2.40. The minimum atomic E-state index is -3.35. The lowest BCUT2D eigenvalue weighted by Crippen LogP contribution is -2.51. The van der Waals surface area contributed by atoms with Crippen molar-refractivity contribution in [1.82, 2.24) is 29.1 Å².